The number of nitrogens with zero attached hydrogens (tertiary/aromatic N) is 1. The summed E-state index contributed by atoms with van der Waals surface area (Å²) >= 11 is 0. The fourth-order valence-electron chi connectivity index (χ4n) is 2.06. The van der Waals surface area contributed by atoms with Gasteiger partial charge >= 0.3 is 0 Å². The Morgan fingerprint density at radius 1 is 1.53 bits per heavy atom. The second-order valence-electron chi connectivity index (χ2n) is 6.59. The van der Waals surface area contributed by atoms with E-state index < -0.39 is 5.60 Å². The van der Waals surface area contributed by atoms with E-state index in [1.807, 2.05) is 20.8 Å². The normalized spacial score (nSPS) is 28.0. The molecule has 1 fully saturated rings. The molecule has 2 unspecified atom stereocenters. The molecule has 4 nitrogen and oxygen atoms in total. The number of hydrogen-bond donors (Lipinski definition) is 2. The van der Waals surface area contributed by atoms with Gasteiger partial charge in [0, 0.05) is 25.6 Å². The van der Waals surface area contributed by atoms with Gasteiger partial charge in [0.05, 0.1) is 5.60 Å². The Morgan fingerprint density at radius 3 is 2.59 bits per heavy atom. The van der Waals surface area contributed by atoms with Crippen molar-refractivity contribution in [3.05, 3.63) is 0 Å². The van der Waals surface area contributed by atoms with E-state index >= 15 is 0 Å². The van der Waals surface area contributed by atoms with Gasteiger partial charge < -0.3 is 15.7 Å². The van der Waals surface area contributed by atoms with Crippen LogP contribution in [0.25, 0.3) is 0 Å². The van der Waals surface area contributed by atoms with Crippen LogP contribution in [0.3, 0.4) is 0 Å². The second kappa shape index (κ2) is 4.94. The Labute approximate surface area is 104 Å². The summed E-state index contributed by atoms with van der Waals surface area (Å²) in [5.41, 5.74) is 5.22. The first-order valence-electron chi connectivity index (χ1n) is 6.37. The van der Waals surface area contributed by atoms with Crippen molar-refractivity contribution >= 4 is 5.91 Å². The highest BCUT2D eigenvalue weighted by Crippen LogP contribution is 2.24. The van der Waals surface area contributed by atoms with E-state index in [1.165, 1.54) is 0 Å². The summed E-state index contributed by atoms with van der Waals surface area (Å²) in [7, 11) is 0. The van der Waals surface area contributed by atoms with Crippen LogP contribution in [0.1, 0.15) is 47.0 Å². The molecule has 0 aromatic heterocycles. The molecule has 3 N–H and O–H groups in total. The topological polar surface area (TPSA) is 66.6 Å². The Hall–Kier alpha value is -0.610. The van der Waals surface area contributed by atoms with Crippen molar-refractivity contribution in [1.29, 1.82) is 0 Å². The van der Waals surface area contributed by atoms with Crippen molar-refractivity contribution in [3.8, 4) is 0 Å². The van der Waals surface area contributed by atoms with Gasteiger partial charge in [-0.3, -0.25) is 4.79 Å². The number of β-amino-alcohol motifs (C(OH)–C–C–N with tert-alkyl or cyclic N) is 1. The molecular formula is C13H26N2O2. The molecule has 1 aliphatic heterocycles. The molecule has 1 amide bonds. The van der Waals surface area contributed by atoms with Crippen molar-refractivity contribution < 1.29 is 9.90 Å². The first-order chi connectivity index (χ1) is 7.62. The third-order valence-electron chi connectivity index (χ3n) is 3.53. The minimum atomic E-state index is -0.736. The highest BCUT2D eigenvalue weighted by atomic mass is 16.3. The minimum Gasteiger partial charge on any atom is -0.388 e. The van der Waals surface area contributed by atoms with Crippen LogP contribution in [0.5, 0.6) is 0 Å². The zero-order valence-corrected chi connectivity index (χ0v) is 11.5. The molecule has 17 heavy (non-hydrogen) atoms. The van der Waals surface area contributed by atoms with E-state index in [4.69, 9.17) is 5.73 Å². The van der Waals surface area contributed by atoms with Crippen LogP contribution in [0, 0.1) is 5.41 Å². The number of carbonyl (C=O) groups excluding carboxylic acids is 1. The van der Waals surface area contributed by atoms with E-state index in [-0.39, 0.29) is 17.4 Å². The van der Waals surface area contributed by atoms with Gasteiger partial charge in [0.25, 0.3) is 0 Å². The predicted octanol–water partition coefficient (Wildman–Crippen LogP) is 1.12. The van der Waals surface area contributed by atoms with Crippen LogP contribution in [0.2, 0.25) is 0 Å². The van der Waals surface area contributed by atoms with Crippen molar-refractivity contribution in [3.63, 3.8) is 0 Å². The van der Waals surface area contributed by atoms with Gasteiger partial charge in [0.1, 0.15) is 0 Å². The first kappa shape index (κ1) is 14.5. The lowest BCUT2D eigenvalue weighted by molar-refractivity contribution is -0.138. The second-order valence-corrected chi connectivity index (χ2v) is 6.59. The van der Waals surface area contributed by atoms with Crippen LogP contribution in [0.15, 0.2) is 0 Å². The van der Waals surface area contributed by atoms with Crippen LogP contribution in [-0.4, -0.2) is 40.6 Å². The highest BCUT2D eigenvalue weighted by molar-refractivity contribution is 5.77. The summed E-state index contributed by atoms with van der Waals surface area (Å²) in [5, 5.41) is 9.96. The number of likely N-dealkylation sites (tertiary alicyclic amines) is 1. The lowest BCUT2D eigenvalue weighted by Crippen LogP contribution is -2.50. The van der Waals surface area contributed by atoms with Gasteiger partial charge in [0.15, 0.2) is 0 Å². The number of aliphatic hydroxyl groups is 1. The SMILES string of the molecule is CC1(O)CCCN(C(=O)CC(N)C(C)(C)C)C1. The molecule has 1 heterocycles. The Bertz CT molecular complexity index is 282. The summed E-state index contributed by atoms with van der Waals surface area (Å²) in [4.78, 5) is 13.8. The van der Waals surface area contributed by atoms with Gasteiger partial charge in [0.2, 0.25) is 5.91 Å². The fraction of sp³-hybridized carbons (Fsp3) is 0.923. The van der Waals surface area contributed by atoms with E-state index in [2.05, 4.69) is 0 Å². The zero-order valence-electron chi connectivity index (χ0n) is 11.5. The van der Waals surface area contributed by atoms with E-state index in [0.29, 0.717) is 13.0 Å². The highest BCUT2D eigenvalue weighted by Gasteiger charge is 2.32. The van der Waals surface area contributed by atoms with Gasteiger partial charge in [-0.25, -0.2) is 0 Å². The maximum absolute atomic E-state index is 12.1. The first-order valence-corrected chi connectivity index (χ1v) is 6.37. The van der Waals surface area contributed by atoms with Crippen LogP contribution in [0.4, 0.5) is 0 Å². The van der Waals surface area contributed by atoms with Gasteiger partial charge in [-0.05, 0) is 25.2 Å². The fourth-order valence-corrected chi connectivity index (χ4v) is 2.06. The van der Waals surface area contributed by atoms with Crippen molar-refractivity contribution in [2.24, 2.45) is 11.1 Å². The third-order valence-corrected chi connectivity index (χ3v) is 3.53. The maximum Gasteiger partial charge on any atom is 0.224 e. The summed E-state index contributed by atoms with van der Waals surface area (Å²) in [6.45, 7) is 9.08. The Kier molecular flexibility index (Phi) is 4.20. The largest absolute Gasteiger partial charge is 0.388 e. The Morgan fingerprint density at radius 2 is 2.12 bits per heavy atom. The molecule has 100 valence electrons. The minimum absolute atomic E-state index is 0.0615. The van der Waals surface area contributed by atoms with Gasteiger partial charge in [-0.1, -0.05) is 20.8 Å². The molecule has 0 aliphatic carbocycles. The standard InChI is InChI=1S/C13H26N2O2/c1-12(2,3)10(14)8-11(16)15-7-5-6-13(4,17)9-15/h10,17H,5-9,14H2,1-4H3. The van der Waals surface area contributed by atoms with E-state index in [1.54, 1.807) is 11.8 Å². The van der Waals surface area contributed by atoms with E-state index in [0.717, 1.165) is 19.4 Å². The van der Waals surface area contributed by atoms with Crippen molar-refractivity contribution in [2.75, 3.05) is 13.1 Å². The molecular weight excluding hydrogens is 216 g/mol. The Balaban J connectivity index is 2.53. The summed E-state index contributed by atoms with van der Waals surface area (Å²) < 4.78 is 0. The number of piperidine rings is 1. The van der Waals surface area contributed by atoms with Gasteiger partial charge in [-0.15, -0.1) is 0 Å². The number of nitrogens with two attached hydrogens (primary N) is 1. The smallest absolute Gasteiger partial charge is 0.224 e. The maximum atomic E-state index is 12.1. The van der Waals surface area contributed by atoms with Gasteiger partial charge in [-0.2, -0.15) is 0 Å². The molecule has 1 aliphatic rings. The average molecular weight is 242 g/mol. The molecule has 1 rings (SSSR count). The monoisotopic (exact) mass is 242 g/mol. The summed E-state index contributed by atoms with van der Waals surface area (Å²) in [5.74, 6) is 0.0624. The molecule has 4 heteroatoms. The molecule has 0 bridgehead atoms. The third kappa shape index (κ3) is 4.28. The van der Waals surface area contributed by atoms with Crippen LogP contribution < -0.4 is 5.73 Å². The average Bonchev–Trinajstić information content (AvgIpc) is 2.14. The van der Waals surface area contributed by atoms with Crippen LogP contribution in [-0.2, 0) is 4.79 Å². The van der Waals surface area contributed by atoms with E-state index in [9.17, 15) is 9.90 Å². The number of amides is 1. The molecule has 0 spiro atoms. The molecule has 0 aromatic carbocycles. The van der Waals surface area contributed by atoms with Crippen LogP contribution >= 0.6 is 0 Å². The van der Waals surface area contributed by atoms with Crippen molar-refractivity contribution in [2.45, 2.75) is 58.6 Å². The molecule has 2 atom stereocenters. The zero-order chi connectivity index (χ0) is 13.3. The quantitative estimate of drug-likeness (QED) is 0.762. The number of carbonyl (C=O) groups is 1. The van der Waals surface area contributed by atoms with Crippen molar-refractivity contribution in [1.82, 2.24) is 4.90 Å². The lowest BCUT2D eigenvalue weighted by Gasteiger charge is -2.38. The number of hydrogen-bond acceptors (Lipinski definition) is 3. The molecule has 1 saturated heterocycles. The molecule has 0 radical (unpaired) electrons. The summed E-state index contributed by atoms with van der Waals surface area (Å²) in [6, 6.07) is -0.137. The molecule has 0 saturated carbocycles. The predicted molar refractivity (Wildman–Crippen MR) is 68.5 cm³/mol. The molecule has 0 aromatic rings. The summed E-state index contributed by atoms with van der Waals surface area (Å²) in [6.07, 6.45) is 1.99. The lowest BCUT2D eigenvalue weighted by atomic mass is 9.85. The number of rotatable bonds is 2.